The maximum atomic E-state index is 12.2. The van der Waals surface area contributed by atoms with Crippen LogP contribution in [0.3, 0.4) is 0 Å². The van der Waals surface area contributed by atoms with E-state index in [9.17, 15) is 9.69 Å². The quantitative estimate of drug-likeness (QED) is 0.403. The van der Waals surface area contributed by atoms with Crippen molar-refractivity contribution in [1.82, 2.24) is 10.8 Å². The third kappa shape index (κ3) is 7.50. The first kappa shape index (κ1) is 19.7. The second-order valence-corrected chi connectivity index (χ2v) is 6.34. The fraction of sp³-hybridized carbons (Fsp3) is 0.923. The Morgan fingerprint density at radius 3 is 2.50 bits per heavy atom. The van der Waals surface area contributed by atoms with Crippen LogP contribution in [-0.2, 0) is 13.9 Å². The SMILES string of the molecule is CCCNC(=O)C(CCC)C(C)(C)COP(O)ONC. The molecule has 20 heavy (non-hydrogen) atoms. The van der Waals surface area contributed by atoms with Crippen LogP contribution in [0.4, 0.5) is 0 Å². The van der Waals surface area contributed by atoms with E-state index < -0.39 is 8.60 Å². The Labute approximate surface area is 123 Å². The first-order chi connectivity index (χ1) is 9.38. The van der Waals surface area contributed by atoms with Crippen molar-refractivity contribution in [3.05, 3.63) is 0 Å². The van der Waals surface area contributed by atoms with Crippen LogP contribution in [0.25, 0.3) is 0 Å². The molecular weight excluding hydrogens is 279 g/mol. The van der Waals surface area contributed by atoms with Gasteiger partial charge in [-0.2, -0.15) is 5.48 Å². The number of rotatable bonds is 11. The van der Waals surface area contributed by atoms with E-state index >= 15 is 0 Å². The highest BCUT2D eigenvalue weighted by atomic mass is 31.2. The van der Waals surface area contributed by atoms with Gasteiger partial charge in [0.1, 0.15) is 0 Å². The predicted molar refractivity (Wildman–Crippen MR) is 80.7 cm³/mol. The smallest absolute Gasteiger partial charge is 0.347 e. The molecule has 3 N–H and O–H groups in total. The summed E-state index contributed by atoms with van der Waals surface area (Å²) < 4.78 is 10.0. The number of hydrogen-bond donors (Lipinski definition) is 3. The molecular formula is C13H29N2O4P. The molecule has 2 atom stereocenters. The van der Waals surface area contributed by atoms with E-state index in [0.717, 1.165) is 19.3 Å². The fourth-order valence-electron chi connectivity index (χ4n) is 1.96. The number of hydrogen-bond acceptors (Lipinski definition) is 5. The van der Waals surface area contributed by atoms with Crippen molar-refractivity contribution in [3.63, 3.8) is 0 Å². The van der Waals surface area contributed by atoms with Crippen LogP contribution in [-0.4, -0.2) is 31.0 Å². The lowest BCUT2D eigenvalue weighted by molar-refractivity contribution is -0.130. The minimum atomic E-state index is -1.95. The summed E-state index contributed by atoms with van der Waals surface area (Å²) in [5, 5.41) is 2.94. The third-order valence-electron chi connectivity index (χ3n) is 3.10. The van der Waals surface area contributed by atoms with Gasteiger partial charge in [0.2, 0.25) is 5.91 Å². The largest absolute Gasteiger partial charge is 0.356 e. The molecule has 0 aliphatic carbocycles. The number of amides is 1. The van der Waals surface area contributed by atoms with Gasteiger partial charge in [-0.25, -0.2) is 4.62 Å². The Morgan fingerprint density at radius 2 is 2.00 bits per heavy atom. The van der Waals surface area contributed by atoms with E-state index in [1.807, 2.05) is 20.8 Å². The van der Waals surface area contributed by atoms with Crippen LogP contribution in [0.1, 0.15) is 47.0 Å². The zero-order chi connectivity index (χ0) is 15.6. The molecule has 0 aromatic carbocycles. The minimum Gasteiger partial charge on any atom is -0.356 e. The van der Waals surface area contributed by atoms with Gasteiger partial charge in [0.05, 0.1) is 6.61 Å². The summed E-state index contributed by atoms with van der Waals surface area (Å²) in [4.78, 5) is 21.7. The van der Waals surface area contributed by atoms with Gasteiger partial charge in [-0.3, -0.25) is 4.79 Å². The Kier molecular flexibility index (Phi) is 10.3. The van der Waals surface area contributed by atoms with Gasteiger partial charge in [0.25, 0.3) is 0 Å². The van der Waals surface area contributed by atoms with Gasteiger partial charge < -0.3 is 14.7 Å². The zero-order valence-corrected chi connectivity index (χ0v) is 14.1. The summed E-state index contributed by atoms with van der Waals surface area (Å²) >= 11 is 0. The molecule has 0 fully saturated rings. The molecule has 0 spiro atoms. The number of nitrogens with one attached hydrogen (secondary N) is 2. The highest BCUT2D eigenvalue weighted by Gasteiger charge is 2.35. The van der Waals surface area contributed by atoms with E-state index in [0.29, 0.717) is 6.54 Å². The fourth-order valence-corrected chi connectivity index (χ4v) is 2.62. The van der Waals surface area contributed by atoms with E-state index in [4.69, 9.17) is 9.15 Å². The predicted octanol–water partition coefficient (Wildman–Crippen LogP) is 2.34. The summed E-state index contributed by atoms with van der Waals surface area (Å²) in [6.07, 6.45) is 2.64. The van der Waals surface area contributed by atoms with Crippen molar-refractivity contribution in [2.45, 2.75) is 47.0 Å². The van der Waals surface area contributed by atoms with Gasteiger partial charge in [0, 0.05) is 24.9 Å². The molecule has 0 heterocycles. The van der Waals surface area contributed by atoms with E-state index in [1.54, 1.807) is 7.05 Å². The zero-order valence-electron chi connectivity index (χ0n) is 13.2. The molecule has 0 aliphatic rings. The second kappa shape index (κ2) is 10.5. The lowest BCUT2D eigenvalue weighted by atomic mass is 9.76. The van der Waals surface area contributed by atoms with Gasteiger partial charge in [-0.05, 0) is 12.8 Å². The molecule has 7 heteroatoms. The number of hydroxylamine groups is 1. The Balaban J connectivity index is 4.56. The van der Waals surface area contributed by atoms with Gasteiger partial charge in [-0.1, -0.05) is 34.1 Å². The maximum Gasteiger partial charge on any atom is 0.347 e. The summed E-state index contributed by atoms with van der Waals surface area (Å²) in [5.74, 6) is -0.0869. The number of carbonyl (C=O) groups excluding carboxylic acids is 1. The summed E-state index contributed by atoms with van der Waals surface area (Å²) in [6.45, 7) is 8.98. The summed E-state index contributed by atoms with van der Waals surface area (Å²) in [7, 11) is -0.398. The van der Waals surface area contributed by atoms with E-state index in [2.05, 4.69) is 17.7 Å². The highest BCUT2D eigenvalue weighted by Crippen LogP contribution is 2.38. The topological polar surface area (TPSA) is 79.8 Å². The molecule has 0 saturated heterocycles. The molecule has 120 valence electrons. The molecule has 6 nitrogen and oxygen atoms in total. The van der Waals surface area contributed by atoms with Crippen molar-refractivity contribution < 1.29 is 18.8 Å². The van der Waals surface area contributed by atoms with Crippen LogP contribution in [0, 0.1) is 11.3 Å². The normalized spacial score (nSPS) is 14.9. The Morgan fingerprint density at radius 1 is 1.35 bits per heavy atom. The van der Waals surface area contributed by atoms with Crippen LogP contribution in [0.5, 0.6) is 0 Å². The monoisotopic (exact) mass is 308 g/mol. The Bertz CT molecular complexity index is 277. The van der Waals surface area contributed by atoms with Crippen LogP contribution >= 0.6 is 8.60 Å². The molecule has 0 aromatic heterocycles. The molecule has 2 unspecified atom stereocenters. The molecule has 0 saturated carbocycles. The van der Waals surface area contributed by atoms with Crippen LogP contribution in [0.2, 0.25) is 0 Å². The van der Waals surface area contributed by atoms with E-state index in [-0.39, 0.29) is 23.8 Å². The lowest BCUT2D eigenvalue weighted by Gasteiger charge is -2.33. The molecule has 0 rings (SSSR count). The first-order valence-electron chi connectivity index (χ1n) is 7.12. The highest BCUT2D eigenvalue weighted by molar-refractivity contribution is 7.40. The second-order valence-electron chi connectivity index (χ2n) is 5.43. The van der Waals surface area contributed by atoms with Crippen molar-refractivity contribution in [2.75, 3.05) is 20.2 Å². The van der Waals surface area contributed by atoms with Crippen molar-refractivity contribution >= 4 is 14.5 Å². The van der Waals surface area contributed by atoms with Gasteiger partial charge in [0.15, 0.2) is 0 Å². The molecule has 0 aliphatic heterocycles. The van der Waals surface area contributed by atoms with Crippen molar-refractivity contribution in [1.29, 1.82) is 0 Å². The minimum absolute atomic E-state index is 0.0547. The lowest BCUT2D eigenvalue weighted by Crippen LogP contribution is -2.41. The summed E-state index contributed by atoms with van der Waals surface area (Å²) in [6, 6.07) is 0. The molecule has 0 radical (unpaired) electrons. The van der Waals surface area contributed by atoms with Gasteiger partial charge in [-0.15, -0.1) is 0 Å². The van der Waals surface area contributed by atoms with Crippen LogP contribution in [0.15, 0.2) is 0 Å². The maximum absolute atomic E-state index is 12.2. The van der Waals surface area contributed by atoms with Crippen molar-refractivity contribution in [3.8, 4) is 0 Å². The van der Waals surface area contributed by atoms with Gasteiger partial charge >= 0.3 is 8.60 Å². The molecule has 1 amide bonds. The summed E-state index contributed by atoms with van der Waals surface area (Å²) in [5.41, 5.74) is 2.02. The average Bonchev–Trinajstić information content (AvgIpc) is 2.40. The van der Waals surface area contributed by atoms with Crippen LogP contribution < -0.4 is 10.8 Å². The average molecular weight is 308 g/mol. The third-order valence-corrected chi connectivity index (χ3v) is 3.79. The van der Waals surface area contributed by atoms with E-state index in [1.165, 1.54) is 0 Å². The Hall–Kier alpha value is -0.260. The molecule has 0 bridgehead atoms. The molecule has 0 aromatic rings. The number of carbonyl (C=O) groups is 1. The first-order valence-corrected chi connectivity index (χ1v) is 8.25. The standard InChI is InChI=1S/C13H29N2O4P/c1-6-8-11(12(16)15-9-7-2)13(3,4)10-18-20(17)19-14-5/h11,14,17H,6-10H2,1-5H3,(H,15,16). The van der Waals surface area contributed by atoms with Crippen molar-refractivity contribution in [2.24, 2.45) is 11.3 Å².